The van der Waals surface area contributed by atoms with Gasteiger partial charge < -0.3 is 29.3 Å². The molecule has 1 saturated heterocycles. The van der Waals surface area contributed by atoms with Crippen molar-refractivity contribution in [2.24, 2.45) is 0 Å². The van der Waals surface area contributed by atoms with E-state index in [0.29, 0.717) is 61.7 Å². The van der Waals surface area contributed by atoms with E-state index in [4.69, 9.17) is 14.2 Å². The van der Waals surface area contributed by atoms with Crippen LogP contribution in [0.5, 0.6) is 11.5 Å². The van der Waals surface area contributed by atoms with Gasteiger partial charge in [0.1, 0.15) is 11.5 Å². The Labute approximate surface area is 163 Å². The van der Waals surface area contributed by atoms with E-state index >= 15 is 0 Å². The number of ether oxygens (including phenoxy) is 3. The molecule has 2 heterocycles. The fraction of sp³-hybridized carbons (Fsp3) is 0.444. The molecule has 1 fully saturated rings. The highest BCUT2D eigenvalue weighted by Crippen LogP contribution is 2.30. The monoisotopic (exact) mass is 388 g/mol. The summed E-state index contributed by atoms with van der Waals surface area (Å²) in [5, 5.41) is 11.2. The quantitative estimate of drug-likeness (QED) is 0.795. The minimum Gasteiger partial charge on any atom is -0.497 e. The van der Waals surface area contributed by atoms with Gasteiger partial charge in [0.15, 0.2) is 5.82 Å². The van der Waals surface area contributed by atoms with Crippen LogP contribution in [0, 0.1) is 0 Å². The molecule has 10 nitrogen and oxygen atoms in total. The molecule has 28 heavy (non-hydrogen) atoms. The smallest absolute Gasteiger partial charge is 0.409 e. The first-order valence-electron chi connectivity index (χ1n) is 9.00. The summed E-state index contributed by atoms with van der Waals surface area (Å²) in [5.41, 5.74) is 0.703. The van der Waals surface area contributed by atoms with Crippen molar-refractivity contribution in [3.05, 3.63) is 24.4 Å². The molecule has 2 aromatic rings. The lowest BCUT2D eigenvalue weighted by atomic mass is 10.2. The zero-order valence-corrected chi connectivity index (χ0v) is 16.2. The molecule has 0 radical (unpaired) electrons. The van der Waals surface area contributed by atoms with Crippen molar-refractivity contribution in [2.75, 3.05) is 57.2 Å². The Balaban J connectivity index is 1.68. The van der Waals surface area contributed by atoms with Gasteiger partial charge in [0.2, 0.25) is 5.95 Å². The maximum absolute atomic E-state index is 11.8. The van der Waals surface area contributed by atoms with Gasteiger partial charge in [0, 0.05) is 32.2 Å². The Morgan fingerprint density at radius 1 is 1.18 bits per heavy atom. The molecule has 3 rings (SSSR count). The van der Waals surface area contributed by atoms with Crippen LogP contribution in [0.4, 0.5) is 22.2 Å². The van der Waals surface area contributed by atoms with Crippen LogP contribution in [0.1, 0.15) is 6.92 Å². The van der Waals surface area contributed by atoms with Crippen LogP contribution in [0.25, 0.3) is 0 Å². The van der Waals surface area contributed by atoms with Gasteiger partial charge in [-0.2, -0.15) is 10.1 Å². The van der Waals surface area contributed by atoms with Gasteiger partial charge in [-0.25, -0.2) is 4.79 Å². The van der Waals surface area contributed by atoms with Gasteiger partial charge in [-0.1, -0.05) is 0 Å². The summed E-state index contributed by atoms with van der Waals surface area (Å²) in [6.45, 7) is 4.59. The molecule has 0 aliphatic carbocycles. The fourth-order valence-electron chi connectivity index (χ4n) is 2.86. The fourth-order valence-corrected chi connectivity index (χ4v) is 2.86. The van der Waals surface area contributed by atoms with E-state index in [1.54, 1.807) is 38.3 Å². The van der Waals surface area contributed by atoms with Crippen molar-refractivity contribution >= 4 is 23.5 Å². The number of piperazine rings is 1. The van der Waals surface area contributed by atoms with Gasteiger partial charge in [0.05, 0.1) is 32.7 Å². The number of anilines is 3. The van der Waals surface area contributed by atoms with E-state index in [2.05, 4.69) is 25.4 Å². The van der Waals surface area contributed by atoms with Crippen LogP contribution in [-0.2, 0) is 4.74 Å². The number of carbonyl (C=O) groups is 1. The number of rotatable bonds is 6. The predicted octanol–water partition coefficient (Wildman–Crippen LogP) is 1.91. The summed E-state index contributed by atoms with van der Waals surface area (Å²) in [6, 6.07) is 5.41. The maximum Gasteiger partial charge on any atom is 0.409 e. The summed E-state index contributed by atoms with van der Waals surface area (Å²) in [5.74, 6) is 2.34. The molecule has 0 atom stereocenters. The summed E-state index contributed by atoms with van der Waals surface area (Å²) in [6.07, 6.45) is 1.33. The van der Waals surface area contributed by atoms with E-state index in [-0.39, 0.29) is 6.09 Å². The lowest BCUT2D eigenvalue weighted by molar-refractivity contribution is 0.105. The molecule has 0 unspecified atom stereocenters. The third kappa shape index (κ3) is 4.51. The van der Waals surface area contributed by atoms with Crippen molar-refractivity contribution in [1.29, 1.82) is 0 Å². The number of hydrogen-bond acceptors (Lipinski definition) is 9. The lowest BCUT2D eigenvalue weighted by Gasteiger charge is -2.34. The largest absolute Gasteiger partial charge is 0.497 e. The zero-order valence-electron chi connectivity index (χ0n) is 16.2. The predicted molar refractivity (Wildman–Crippen MR) is 103 cm³/mol. The highest BCUT2D eigenvalue weighted by molar-refractivity contribution is 5.68. The van der Waals surface area contributed by atoms with E-state index in [9.17, 15) is 4.79 Å². The van der Waals surface area contributed by atoms with E-state index in [1.165, 1.54) is 0 Å². The molecule has 1 N–H and O–H groups in total. The molecule has 0 bridgehead atoms. The van der Waals surface area contributed by atoms with Crippen molar-refractivity contribution in [2.45, 2.75) is 6.92 Å². The van der Waals surface area contributed by atoms with Gasteiger partial charge in [-0.3, -0.25) is 0 Å². The summed E-state index contributed by atoms with van der Waals surface area (Å²) < 4.78 is 15.6. The number of methoxy groups -OCH3 is 2. The van der Waals surface area contributed by atoms with Crippen molar-refractivity contribution in [1.82, 2.24) is 20.1 Å². The number of amides is 1. The van der Waals surface area contributed by atoms with Crippen LogP contribution < -0.4 is 19.7 Å². The maximum atomic E-state index is 11.8. The Morgan fingerprint density at radius 3 is 2.64 bits per heavy atom. The first-order valence-corrected chi connectivity index (χ1v) is 9.00. The minimum absolute atomic E-state index is 0.281. The highest BCUT2D eigenvalue weighted by atomic mass is 16.6. The lowest BCUT2D eigenvalue weighted by Crippen LogP contribution is -2.49. The third-order valence-corrected chi connectivity index (χ3v) is 4.33. The minimum atomic E-state index is -0.281. The number of hydrogen-bond donors (Lipinski definition) is 1. The van der Waals surface area contributed by atoms with Crippen LogP contribution in [0.15, 0.2) is 24.4 Å². The van der Waals surface area contributed by atoms with Gasteiger partial charge in [-0.05, 0) is 19.1 Å². The number of nitrogens with one attached hydrogen (secondary N) is 1. The SMILES string of the molecule is CCOC(=O)N1CCN(c2cnnc(Nc3ccc(OC)cc3OC)n2)CC1. The summed E-state index contributed by atoms with van der Waals surface area (Å²) in [7, 11) is 3.18. The number of benzene rings is 1. The molecule has 1 aromatic heterocycles. The van der Waals surface area contributed by atoms with Gasteiger partial charge >= 0.3 is 6.09 Å². The van der Waals surface area contributed by atoms with E-state index < -0.39 is 0 Å². The first kappa shape index (κ1) is 19.5. The van der Waals surface area contributed by atoms with E-state index in [0.717, 1.165) is 0 Å². The van der Waals surface area contributed by atoms with Crippen LogP contribution in [0.2, 0.25) is 0 Å². The molecule has 1 aromatic carbocycles. The number of carbonyl (C=O) groups excluding carboxylic acids is 1. The first-order chi connectivity index (χ1) is 13.6. The average molecular weight is 388 g/mol. The van der Waals surface area contributed by atoms with Crippen LogP contribution >= 0.6 is 0 Å². The van der Waals surface area contributed by atoms with E-state index in [1.807, 2.05) is 12.1 Å². The van der Waals surface area contributed by atoms with Crippen LogP contribution in [-0.4, -0.2) is 73.2 Å². The zero-order chi connectivity index (χ0) is 19.9. The Hall–Kier alpha value is -3.30. The number of nitrogens with zero attached hydrogens (tertiary/aromatic N) is 5. The third-order valence-electron chi connectivity index (χ3n) is 4.33. The van der Waals surface area contributed by atoms with Crippen LogP contribution in [0.3, 0.4) is 0 Å². The summed E-state index contributed by atoms with van der Waals surface area (Å²) >= 11 is 0. The molecule has 0 spiro atoms. The normalized spacial score (nSPS) is 13.8. The second-order valence-electron chi connectivity index (χ2n) is 6.00. The molecule has 1 aliphatic heterocycles. The second kappa shape index (κ2) is 9.07. The number of aromatic nitrogens is 3. The Morgan fingerprint density at radius 2 is 1.96 bits per heavy atom. The standard InChI is InChI=1S/C18H24N6O4/c1-4-28-18(25)24-9-7-23(8-10-24)16-12-19-22-17(21-16)20-14-6-5-13(26-2)11-15(14)27-3/h5-6,11-12H,4,7-10H2,1-3H3,(H,20,21,22). The van der Waals surface area contributed by atoms with Crippen molar-refractivity contribution < 1.29 is 19.0 Å². The molecular formula is C18H24N6O4. The summed E-state index contributed by atoms with van der Waals surface area (Å²) in [4.78, 5) is 20.1. The molecule has 1 aliphatic rings. The molecule has 0 saturated carbocycles. The average Bonchev–Trinajstić information content (AvgIpc) is 2.74. The molecular weight excluding hydrogens is 364 g/mol. The molecule has 1 amide bonds. The molecule has 150 valence electrons. The topological polar surface area (TPSA) is 102 Å². The highest BCUT2D eigenvalue weighted by Gasteiger charge is 2.23. The Bertz CT molecular complexity index is 810. The van der Waals surface area contributed by atoms with Gasteiger partial charge in [0.25, 0.3) is 0 Å². The Kier molecular flexibility index (Phi) is 6.30. The molecule has 10 heteroatoms. The second-order valence-corrected chi connectivity index (χ2v) is 6.00. The van der Waals surface area contributed by atoms with Crippen molar-refractivity contribution in [3.63, 3.8) is 0 Å². The van der Waals surface area contributed by atoms with Crippen molar-refractivity contribution in [3.8, 4) is 11.5 Å². The van der Waals surface area contributed by atoms with Gasteiger partial charge in [-0.15, -0.1) is 5.10 Å².